The molecule has 0 radical (unpaired) electrons. The van der Waals surface area contributed by atoms with Gasteiger partial charge in [-0.15, -0.1) is 0 Å². The smallest absolute Gasteiger partial charge is 0.339 e. The minimum Gasteiger partial charge on any atom is -0.462 e. The van der Waals surface area contributed by atoms with Gasteiger partial charge in [-0.2, -0.15) is 5.26 Å². The number of nitrogens with zero attached hydrogens (tertiary/aromatic N) is 3. The number of hydrogen-bond donors (Lipinski definition) is 0. The highest BCUT2D eigenvalue weighted by Crippen LogP contribution is 2.22. The molecule has 0 fully saturated rings. The van der Waals surface area contributed by atoms with Gasteiger partial charge in [0.1, 0.15) is 5.82 Å². The van der Waals surface area contributed by atoms with E-state index in [0.717, 1.165) is 5.69 Å². The zero-order valence-electron chi connectivity index (χ0n) is 11.9. The fraction of sp³-hybridized carbons (Fsp3) is 0.188. The SMILES string of the molecule is CCOC(=O)c1ccc(N(C)c2cccc(C#N)c2)nc1. The molecule has 0 atom stereocenters. The second-order valence-electron chi connectivity index (χ2n) is 4.35. The van der Waals surface area contributed by atoms with Crippen LogP contribution < -0.4 is 4.90 Å². The number of anilines is 2. The molecule has 1 heterocycles. The number of ether oxygens (including phenoxy) is 1. The van der Waals surface area contributed by atoms with E-state index in [-0.39, 0.29) is 5.97 Å². The summed E-state index contributed by atoms with van der Waals surface area (Å²) in [6, 6.07) is 12.7. The predicted molar refractivity (Wildman–Crippen MR) is 79.4 cm³/mol. The Labute approximate surface area is 123 Å². The third-order valence-corrected chi connectivity index (χ3v) is 2.97. The largest absolute Gasteiger partial charge is 0.462 e. The second-order valence-corrected chi connectivity index (χ2v) is 4.35. The zero-order valence-corrected chi connectivity index (χ0v) is 11.9. The molecule has 0 unspecified atom stereocenters. The molecule has 1 aromatic heterocycles. The lowest BCUT2D eigenvalue weighted by molar-refractivity contribution is 0.0526. The van der Waals surface area contributed by atoms with E-state index in [1.165, 1.54) is 6.20 Å². The van der Waals surface area contributed by atoms with Crippen molar-refractivity contribution in [3.8, 4) is 6.07 Å². The van der Waals surface area contributed by atoms with Crippen molar-refractivity contribution in [3.05, 3.63) is 53.7 Å². The Morgan fingerprint density at radius 1 is 1.38 bits per heavy atom. The quantitative estimate of drug-likeness (QED) is 0.806. The highest BCUT2D eigenvalue weighted by molar-refractivity contribution is 5.89. The molecule has 0 aliphatic rings. The van der Waals surface area contributed by atoms with Crippen LogP contribution >= 0.6 is 0 Å². The summed E-state index contributed by atoms with van der Waals surface area (Å²) in [5, 5.41) is 8.93. The Hall–Kier alpha value is -2.87. The van der Waals surface area contributed by atoms with E-state index in [1.54, 1.807) is 31.2 Å². The van der Waals surface area contributed by atoms with Gasteiger partial charge in [0.05, 0.1) is 23.8 Å². The summed E-state index contributed by atoms with van der Waals surface area (Å²) in [6.07, 6.45) is 1.48. The number of benzene rings is 1. The molecule has 0 aliphatic heterocycles. The summed E-state index contributed by atoms with van der Waals surface area (Å²) >= 11 is 0. The van der Waals surface area contributed by atoms with Gasteiger partial charge in [-0.05, 0) is 37.3 Å². The monoisotopic (exact) mass is 281 g/mol. The summed E-state index contributed by atoms with van der Waals surface area (Å²) in [7, 11) is 1.85. The Balaban J connectivity index is 2.21. The molecular formula is C16H15N3O2. The summed E-state index contributed by atoms with van der Waals surface area (Å²) < 4.78 is 4.91. The van der Waals surface area contributed by atoms with Crippen LogP contribution in [0.1, 0.15) is 22.8 Å². The fourth-order valence-corrected chi connectivity index (χ4v) is 1.84. The van der Waals surface area contributed by atoms with Crippen LogP contribution in [0.25, 0.3) is 0 Å². The van der Waals surface area contributed by atoms with E-state index in [2.05, 4.69) is 11.1 Å². The van der Waals surface area contributed by atoms with Gasteiger partial charge in [0.15, 0.2) is 0 Å². The number of carbonyl (C=O) groups is 1. The molecule has 2 aromatic rings. The Morgan fingerprint density at radius 2 is 2.19 bits per heavy atom. The topological polar surface area (TPSA) is 66.2 Å². The molecule has 5 nitrogen and oxygen atoms in total. The molecule has 106 valence electrons. The molecule has 1 aromatic carbocycles. The molecule has 0 bridgehead atoms. The number of nitriles is 1. The minimum atomic E-state index is -0.384. The van der Waals surface area contributed by atoms with Gasteiger partial charge in [-0.25, -0.2) is 9.78 Å². The van der Waals surface area contributed by atoms with Gasteiger partial charge in [-0.1, -0.05) is 6.07 Å². The van der Waals surface area contributed by atoms with E-state index >= 15 is 0 Å². The van der Waals surface area contributed by atoms with Crippen molar-refractivity contribution < 1.29 is 9.53 Å². The molecular weight excluding hydrogens is 266 g/mol. The molecule has 5 heteroatoms. The van der Waals surface area contributed by atoms with Gasteiger partial charge < -0.3 is 9.64 Å². The summed E-state index contributed by atoms with van der Waals surface area (Å²) in [5.41, 5.74) is 1.85. The van der Waals surface area contributed by atoms with E-state index < -0.39 is 0 Å². The van der Waals surface area contributed by atoms with Crippen LogP contribution in [0.5, 0.6) is 0 Å². The number of aromatic nitrogens is 1. The van der Waals surface area contributed by atoms with Crippen molar-refractivity contribution in [1.29, 1.82) is 5.26 Å². The summed E-state index contributed by atoms with van der Waals surface area (Å²) in [5.74, 6) is 0.295. The normalized spacial score (nSPS) is 9.76. The maximum atomic E-state index is 11.6. The lowest BCUT2D eigenvalue weighted by atomic mass is 10.2. The molecule has 0 N–H and O–H groups in total. The van der Waals surface area contributed by atoms with Gasteiger partial charge >= 0.3 is 5.97 Å². The average Bonchev–Trinajstić information content (AvgIpc) is 2.54. The van der Waals surface area contributed by atoms with Crippen molar-refractivity contribution in [2.75, 3.05) is 18.6 Å². The van der Waals surface area contributed by atoms with Gasteiger partial charge in [0.25, 0.3) is 0 Å². The van der Waals surface area contributed by atoms with E-state index in [4.69, 9.17) is 10.00 Å². The number of pyridine rings is 1. The predicted octanol–water partition coefficient (Wildman–Crippen LogP) is 2.90. The Kier molecular flexibility index (Phi) is 4.52. The second kappa shape index (κ2) is 6.53. The summed E-state index contributed by atoms with van der Waals surface area (Å²) in [6.45, 7) is 2.09. The van der Waals surface area contributed by atoms with Crippen molar-refractivity contribution in [3.63, 3.8) is 0 Å². The first-order valence-electron chi connectivity index (χ1n) is 6.52. The standard InChI is InChI=1S/C16H15N3O2/c1-3-21-16(20)13-7-8-15(18-11-13)19(2)14-6-4-5-12(9-14)10-17/h4-9,11H,3H2,1-2H3. The highest BCUT2D eigenvalue weighted by Gasteiger charge is 2.10. The van der Waals surface area contributed by atoms with Crippen LogP contribution in [-0.4, -0.2) is 24.6 Å². The third-order valence-electron chi connectivity index (χ3n) is 2.97. The van der Waals surface area contributed by atoms with Crippen LogP contribution in [-0.2, 0) is 4.74 Å². The summed E-state index contributed by atoms with van der Waals surface area (Å²) in [4.78, 5) is 17.7. The lowest BCUT2D eigenvalue weighted by Crippen LogP contribution is -2.12. The van der Waals surface area contributed by atoms with E-state index in [9.17, 15) is 4.79 Å². The zero-order chi connectivity index (χ0) is 15.2. The minimum absolute atomic E-state index is 0.335. The van der Waals surface area contributed by atoms with Crippen LogP contribution in [0.15, 0.2) is 42.6 Å². The van der Waals surface area contributed by atoms with Crippen LogP contribution in [0.4, 0.5) is 11.5 Å². The first kappa shape index (κ1) is 14.5. The molecule has 0 spiro atoms. The fourth-order valence-electron chi connectivity index (χ4n) is 1.84. The Bertz CT molecular complexity index is 675. The average molecular weight is 281 g/mol. The molecule has 0 aliphatic carbocycles. The van der Waals surface area contributed by atoms with Gasteiger partial charge in [0.2, 0.25) is 0 Å². The van der Waals surface area contributed by atoms with Crippen molar-refractivity contribution >= 4 is 17.5 Å². The maximum Gasteiger partial charge on any atom is 0.339 e. The Morgan fingerprint density at radius 3 is 2.81 bits per heavy atom. The number of hydrogen-bond acceptors (Lipinski definition) is 5. The molecule has 0 saturated heterocycles. The number of carbonyl (C=O) groups excluding carboxylic acids is 1. The lowest BCUT2D eigenvalue weighted by Gasteiger charge is -2.18. The van der Waals surface area contributed by atoms with E-state index in [1.807, 2.05) is 24.1 Å². The van der Waals surface area contributed by atoms with Gasteiger partial charge in [-0.3, -0.25) is 0 Å². The van der Waals surface area contributed by atoms with Crippen LogP contribution in [0.3, 0.4) is 0 Å². The number of esters is 1. The first-order chi connectivity index (χ1) is 10.2. The third kappa shape index (κ3) is 3.37. The molecule has 0 amide bonds. The van der Waals surface area contributed by atoms with Gasteiger partial charge in [0, 0.05) is 18.9 Å². The highest BCUT2D eigenvalue weighted by atomic mass is 16.5. The van der Waals surface area contributed by atoms with Crippen molar-refractivity contribution in [2.45, 2.75) is 6.92 Å². The number of rotatable bonds is 4. The van der Waals surface area contributed by atoms with Crippen molar-refractivity contribution in [1.82, 2.24) is 4.98 Å². The first-order valence-corrected chi connectivity index (χ1v) is 6.52. The molecule has 0 saturated carbocycles. The van der Waals surface area contributed by atoms with Crippen LogP contribution in [0.2, 0.25) is 0 Å². The molecule has 2 rings (SSSR count). The van der Waals surface area contributed by atoms with Crippen LogP contribution in [0, 0.1) is 11.3 Å². The molecule has 21 heavy (non-hydrogen) atoms. The maximum absolute atomic E-state index is 11.6. The van der Waals surface area contributed by atoms with E-state index in [0.29, 0.717) is 23.6 Å². The van der Waals surface area contributed by atoms with Crippen molar-refractivity contribution in [2.24, 2.45) is 0 Å².